The molecule has 25 heavy (non-hydrogen) atoms. The van der Waals surface area contributed by atoms with Crippen LogP contribution >= 0.6 is 11.3 Å². The van der Waals surface area contributed by atoms with Crippen molar-refractivity contribution in [2.45, 2.75) is 6.92 Å². The zero-order chi connectivity index (χ0) is 17.8. The van der Waals surface area contributed by atoms with Gasteiger partial charge in [0.2, 0.25) is 11.8 Å². The van der Waals surface area contributed by atoms with Crippen molar-refractivity contribution in [3.63, 3.8) is 0 Å². The Balaban J connectivity index is 1.64. The largest absolute Gasteiger partial charge is 0.323 e. The number of amides is 2. The Kier molecular flexibility index (Phi) is 4.90. The van der Waals surface area contributed by atoms with Crippen LogP contribution in [-0.4, -0.2) is 23.8 Å². The van der Waals surface area contributed by atoms with E-state index in [9.17, 15) is 9.59 Å². The maximum atomic E-state index is 12.0. The van der Waals surface area contributed by atoms with Crippen molar-refractivity contribution in [2.24, 2.45) is 0 Å². The third-order valence-electron chi connectivity index (χ3n) is 3.68. The molecule has 6 heteroatoms. The van der Waals surface area contributed by atoms with Crippen LogP contribution in [0.2, 0.25) is 0 Å². The second-order valence-electron chi connectivity index (χ2n) is 5.47. The summed E-state index contributed by atoms with van der Waals surface area (Å²) in [6.07, 6.45) is 3.17. The first-order valence-electron chi connectivity index (χ1n) is 7.72. The fourth-order valence-corrected chi connectivity index (χ4v) is 3.11. The summed E-state index contributed by atoms with van der Waals surface area (Å²) in [5, 5.41) is 3.58. The Morgan fingerprint density at radius 1 is 1.12 bits per heavy atom. The molecule has 1 N–H and O–H groups in total. The zero-order valence-electron chi connectivity index (χ0n) is 13.9. The number of anilines is 2. The van der Waals surface area contributed by atoms with E-state index >= 15 is 0 Å². The predicted molar refractivity (Wildman–Crippen MR) is 103 cm³/mol. The molecule has 2 aromatic carbocycles. The molecule has 0 saturated heterocycles. The van der Waals surface area contributed by atoms with Gasteiger partial charge in [-0.15, -0.1) is 11.3 Å². The lowest BCUT2D eigenvalue weighted by Gasteiger charge is -2.15. The van der Waals surface area contributed by atoms with Gasteiger partial charge in [-0.3, -0.25) is 9.59 Å². The maximum Gasteiger partial charge on any atom is 0.248 e. The molecule has 0 atom stereocenters. The van der Waals surface area contributed by atoms with E-state index in [1.54, 1.807) is 42.3 Å². The van der Waals surface area contributed by atoms with Gasteiger partial charge in [-0.2, -0.15) is 0 Å². The highest BCUT2D eigenvalue weighted by Gasteiger charge is 2.06. The van der Waals surface area contributed by atoms with Crippen LogP contribution in [0.5, 0.6) is 0 Å². The number of carbonyl (C=O) groups is 2. The zero-order valence-corrected chi connectivity index (χ0v) is 14.7. The van der Waals surface area contributed by atoms with Crippen molar-refractivity contribution in [3.8, 4) is 0 Å². The number of carbonyl (C=O) groups excluding carboxylic acids is 2. The highest BCUT2D eigenvalue weighted by Crippen LogP contribution is 2.22. The van der Waals surface area contributed by atoms with Crippen molar-refractivity contribution >= 4 is 50.8 Å². The Bertz CT molecular complexity index is 912. The minimum absolute atomic E-state index is 0.0458. The number of aromatic nitrogens is 1. The maximum absolute atomic E-state index is 12.0. The first kappa shape index (κ1) is 16.9. The molecule has 1 heterocycles. The summed E-state index contributed by atoms with van der Waals surface area (Å²) in [5.74, 6) is -0.275. The van der Waals surface area contributed by atoms with Crippen molar-refractivity contribution in [2.75, 3.05) is 17.3 Å². The van der Waals surface area contributed by atoms with Gasteiger partial charge >= 0.3 is 0 Å². The number of nitrogens with zero attached hydrogens (tertiary/aromatic N) is 2. The summed E-state index contributed by atoms with van der Waals surface area (Å²) in [5.41, 5.74) is 2.37. The lowest BCUT2D eigenvalue weighted by atomic mass is 10.2. The summed E-state index contributed by atoms with van der Waals surface area (Å²) in [6.45, 7) is 1.50. The van der Waals surface area contributed by atoms with Gasteiger partial charge < -0.3 is 10.2 Å². The van der Waals surface area contributed by atoms with Gasteiger partial charge in [0.05, 0.1) is 10.2 Å². The number of hydrogen-bond donors (Lipinski definition) is 1. The molecule has 0 radical (unpaired) electrons. The molecule has 0 aliphatic carbocycles. The average Bonchev–Trinajstić information content (AvgIpc) is 3.03. The molecule has 0 fully saturated rings. The number of rotatable bonds is 4. The molecule has 0 bridgehead atoms. The van der Waals surface area contributed by atoms with Crippen LogP contribution in [0.3, 0.4) is 0 Å². The van der Waals surface area contributed by atoms with Gasteiger partial charge in [0.25, 0.3) is 0 Å². The van der Waals surface area contributed by atoms with Crippen molar-refractivity contribution in [3.05, 3.63) is 59.6 Å². The minimum atomic E-state index is -0.230. The topological polar surface area (TPSA) is 62.3 Å². The first-order valence-corrected chi connectivity index (χ1v) is 8.53. The van der Waals surface area contributed by atoms with E-state index in [-0.39, 0.29) is 11.8 Å². The molecular formula is C19H17N3O2S. The molecule has 0 saturated carbocycles. The molecule has 0 unspecified atom stereocenters. The number of nitrogens with one attached hydrogen (secondary N) is 1. The fraction of sp³-hybridized carbons (Fsp3) is 0.105. The third kappa shape index (κ3) is 4.10. The summed E-state index contributed by atoms with van der Waals surface area (Å²) in [4.78, 5) is 29.4. The number of fused-ring (bicyclic) bond motifs is 1. The second-order valence-corrected chi connectivity index (χ2v) is 6.53. The smallest absolute Gasteiger partial charge is 0.248 e. The van der Waals surface area contributed by atoms with Crippen LogP contribution in [0.25, 0.3) is 16.3 Å². The Morgan fingerprint density at radius 2 is 1.84 bits per heavy atom. The van der Waals surface area contributed by atoms with Gasteiger partial charge in [0.15, 0.2) is 0 Å². The van der Waals surface area contributed by atoms with Crippen LogP contribution in [0.15, 0.2) is 54.6 Å². The van der Waals surface area contributed by atoms with Gasteiger partial charge in [0, 0.05) is 31.4 Å². The standard InChI is InChI=1S/C19H17N3O2S/c1-13(23)22(2)15-9-7-14(8-10-15)20-18(24)11-12-19-21-16-5-3-4-6-17(16)25-19/h3-12H,1-2H3,(H,20,24). The molecule has 126 valence electrons. The minimum Gasteiger partial charge on any atom is -0.323 e. The number of hydrogen-bond acceptors (Lipinski definition) is 4. The summed E-state index contributed by atoms with van der Waals surface area (Å²) in [6, 6.07) is 15.0. The van der Waals surface area contributed by atoms with Gasteiger partial charge in [0.1, 0.15) is 5.01 Å². The molecule has 0 aliphatic heterocycles. The van der Waals surface area contributed by atoms with Crippen molar-refractivity contribution in [1.29, 1.82) is 0 Å². The van der Waals surface area contributed by atoms with Gasteiger partial charge in [-0.1, -0.05) is 12.1 Å². The number of thiazole rings is 1. The quantitative estimate of drug-likeness (QED) is 0.725. The Hall–Kier alpha value is -2.99. The molecule has 3 aromatic rings. The third-order valence-corrected chi connectivity index (χ3v) is 4.68. The molecule has 5 nitrogen and oxygen atoms in total. The normalized spacial score (nSPS) is 11.0. The van der Waals surface area contributed by atoms with Crippen LogP contribution in [0.4, 0.5) is 11.4 Å². The van der Waals surface area contributed by atoms with Crippen LogP contribution in [0.1, 0.15) is 11.9 Å². The van der Waals surface area contributed by atoms with E-state index in [1.165, 1.54) is 24.3 Å². The predicted octanol–water partition coefficient (Wildman–Crippen LogP) is 3.93. The molecule has 1 aromatic heterocycles. The first-order chi connectivity index (χ1) is 12.0. The van der Waals surface area contributed by atoms with E-state index in [0.717, 1.165) is 20.9 Å². The van der Waals surface area contributed by atoms with Gasteiger partial charge in [-0.05, 0) is 42.5 Å². The molecule has 3 rings (SSSR count). The number of benzene rings is 2. The molecule has 0 aliphatic rings. The van der Waals surface area contributed by atoms with E-state index in [2.05, 4.69) is 10.3 Å². The lowest BCUT2D eigenvalue weighted by molar-refractivity contribution is -0.116. The van der Waals surface area contributed by atoms with E-state index in [0.29, 0.717) is 5.69 Å². The Labute approximate surface area is 149 Å². The average molecular weight is 351 g/mol. The summed E-state index contributed by atoms with van der Waals surface area (Å²) < 4.78 is 1.09. The fourth-order valence-electron chi connectivity index (χ4n) is 2.24. The van der Waals surface area contributed by atoms with E-state index < -0.39 is 0 Å². The van der Waals surface area contributed by atoms with Gasteiger partial charge in [-0.25, -0.2) is 4.98 Å². The second kappa shape index (κ2) is 7.27. The lowest BCUT2D eigenvalue weighted by Crippen LogP contribution is -2.22. The van der Waals surface area contributed by atoms with Crippen LogP contribution in [-0.2, 0) is 9.59 Å². The van der Waals surface area contributed by atoms with Crippen molar-refractivity contribution < 1.29 is 9.59 Å². The molecule has 2 amide bonds. The highest BCUT2D eigenvalue weighted by molar-refractivity contribution is 7.19. The Morgan fingerprint density at radius 3 is 2.52 bits per heavy atom. The van der Waals surface area contributed by atoms with Crippen LogP contribution < -0.4 is 10.2 Å². The SMILES string of the molecule is CC(=O)N(C)c1ccc(NC(=O)C=Cc2nc3ccccc3s2)cc1. The van der Waals surface area contributed by atoms with Crippen LogP contribution in [0, 0.1) is 0 Å². The van der Waals surface area contributed by atoms with E-state index in [4.69, 9.17) is 0 Å². The summed E-state index contributed by atoms with van der Waals surface area (Å²) >= 11 is 1.54. The van der Waals surface area contributed by atoms with Crippen molar-refractivity contribution in [1.82, 2.24) is 4.98 Å². The molecular weight excluding hydrogens is 334 g/mol. The summed E-state index contributed by atoms with van der Waals surface area (Å²) in [7, 11) is 1.71. The molecule has 0 spiro atoms. The monoisotopic (exact) mass is 351 g/mol. The highest BCUT2D eigenvalue weighted by atomic mass is 32.1. The van der Waals surface area contributed by atoms with E-state index in [1.807, 2.05) is 24.3 Å². The number of para-hydroxylation sites is 1.